The summed E-state index contributed by atoms with van der Waals surface area (Å²) < 4.78 is 4.78. The Labute approximate surface area is 73.1 Å². The summed E-state index contributed by atoms with van der Waals surface area (Å²) in [7, 11) is 1.63. The first kappa shape index (κ1) is 9.53. The van der Waals surface area contributed by atoms with E-state index in [0.717, 1.165) is 13.0 Å². The molecular weight excluding hydrogens is 154 g/mol. The maximum Gasteiger partial charge on any atom is 0.107 e. The molecule has 0 aliphatic carbocycles. The lowest BCUT2D eigenvalue weighted by atomic mass is 10.0. The molecule has 68 valence electrons. The second kappa shape index (κ2) is 5.15. The fourth-order valence-corrected chi connectivity index (χ4v) is 1.25. The van der Waals surface area contributed by atoms with Gasteiger partial charge in [-0.15, -0.1) is 5.92 Å². The first-order valence-corrected chi connectivity index (χ1v) is 4.18. The normalized spacial score (nSPS) is 28.2. The minimum Gasteiger partial charge on any atom is -0.391 e. The Balaban J connectivity index is 2.19. The van der Waals surface area contributed by atoms with E-state index in [9.17, 15) is 5.11 Å². The fraction of sp³-hybridized carbons (Fsp3) is 0.778. The van der Waals surface area contributed by atoms with Crippen LogP contribution in [0.3, 0.4) is 0 Å². The summed E-state index contributed by atoms with van der Waals surface area (Å²) in [5.41, 5.74) is 0. The lowest BCUT2D eigenvalue weighted by Gasteiger charge is -2.07. The molecule has 0 radical (unpaired) electrons. The predicted octanol–water partition coefficient (Wildman–Crippen LogP) is -0.393. The van der Waals surface area contributed by atoms with E-state index < -0.39 is 0 Å². The molecule has 2 N–H and O–H groups in total. The van der Waals surface area contributed by atoms with Gasteiger partial charge in [0, 0.05) is 32.5 Å². The number of rotatable bonds is 2. The highest BCUT2D eigenvalue weighted by Gasteiger charge is 2.23. The van der Waals surface area contributed by atoms with Crippen LogP contribution in [-0.4, -0.2) is 38.0 Å². The number of β-amino-alcohol motifs (C(OH)–C–C–N with tert-alkyl or cyclic N) is 1. The number of aliphatic hydroxyl groups is 1. The van der Waals surface area contributed by atoms with Crippen molar-refractivity contribution in [2.45, 2.75) is 12.5 Å². The summed E-state index contributed by atoms with van der Waals surface area (Å²) in [5.74, 6) is 6.16. The number of ether oxygens (including phenoxy) is 1. The van der Waals surface area contributed by atoms with Crippen molar-refractivity contribution in [3.63, 3.8) is 0 Å². The lowest BCUT2D eigenvalue weighted by molar-refractivity contribution is 0.150. The van der Waals surface area contributed by atoms with Gasteiger partial charge in [-0.05, 0) is 0 Å². The summed E-state index contributed by atoms with van der Waals surface area (Å²) in [6.07, 6.45) is 0.541. The van der Waals surface area contributed by atoms with Crippen molar-refractivity contribution in [1.82, 2.24) is 5.32 Å². The average molecular weight is 169 g/mol. The molecule has 1 aliphatic rings. The van der Waals surface area contributed by atoms with Crippen molar-refractivity contribution in [3.05, 3.63) is 0 Å². The Morgan fingerprint density at radius 1 is 1.50 bits per heavy atom. The van der Waals surface area contributed by atoms with Gasteiger partial charge >= 0.3 is 0 Å². The minimum atomic E-state index is -0.221. The van der Waals surface area contributed by atoms with Crippen LogP contribution >= 0.6 is 0 Å². The number of hydrogen-bond acceptors (Lipinski definition) is 3. The smallest absolute Gasteiger partial charge is 0.107 e. The van der Waals surface area contributed by atoms with Crippen molar-refractivity contribution in [2.24, 2.45) is 5.92 Å². The van der Waals surface area contributed by atoms with Gasteiger partial charge in [-0.25, -0.2) is 0 Å². The first-order valence-electron chi connectivity index (χ1n) is 4.18. The second-order valence-corrected chi connectivity index (χ2v) is 2.98. The summed E-state index contributed by atoms with van der Waals surface area (Å²) in [6.45, 7) is 2.07. The van der Waals surface area contributed by atoms with Crippen molar-refractivity contribution in [1.29, 1.82) is 0 Å². The Morgan fingerprint density at radius 3 is 2.92 bits per heavy atom. The van der Waals surface area contributed by atoms with E-state index in [1.165, 1.54) is 0 Å². The van der Waals surface area contributed by atoms with Gasteiger partial charge in [-0.2, -0.15) is 0 Å². The van der Waals surface area contributed by atoms with Crippen LogP contribution in [-0.2, 0) is 4.74 Å². The summed E-state index contributed by atoms with van der Waals surface area (Å²) >= 11 is 0. The molecule has 12 heavy (non-hydrogen) atoms. The predicted molar refractivity (Wildman–Crippen MR) is 46.6 cm³/mol. The van der Waals surface area contributed by atoms with Crippen LogP contribution in [0.4, 0.5) is 0 Å². The van der Waals surface area contributed by atoms with Crippen molar-refractivity contribution in [3.8, 4) is 11.8 Å². The third kappa shape index (κ3) is 2.82. The molecule has 0 saturated carbocycles. The van der Waals surface area contributed by atoms with Crippen LogP contribution in [0.1, 0.15) is 6.42 Å². The molecule has 1 aliphatic heterocycles. The quantitative estimate of drug-likeness (QED) is 0.553. The van der Waals surface area contributed by atoms with Gasteiger partial charge in [0.05, 0.1) is 6.10 Å². The van der Waals surface area contributed by atoms with Gasteiger partial charge in [0.2, 0.25) is 0 Å². The highest BCUT2D eigenvalue weighted by molar-refractivity contribution is 5.02. The molecule has 2 atom stereocenters. The monoisotopic (exact) mass is 169 g/mol. The van der Waals surface area contributed by atoms with Crippen LogP contribution in [0, 0.1) is 17.8 Å². The SMILES string of the molecule is COCC#CCC1CNCC1O. The highest BCUT2D eigenvalue weighted by atomic mass is 16.5. The second-order valence-electron chi connectivity index (χ2n) is 2.98. The van der Waals surface area contributed by atoms with E-state index in [-0.39, 0.29) is 6.10 Å². The molecule has 3 heteroatoms. The Bertz CT molecular complexity index is 183. The molecule has 0 aromatic carbocycles. The number of methoxy groups -OCH3 is 1. The van der Waals surface area contributed by atoms with Gasteiger partial charge in [-0.1, -0.05) is 5.92 Å². The van der Waals surface area contributed by atoms with E-state index in [1.54, 1.807) is 7.11 Å². The highest BCUT2D eigenvalue weighted by Crippen LogP contribution is 2.11. The van der Waals surface area contributed by atoms with E-state index in [2.05, 4.69) is 17.2 Å². The molecule has 0 spiro atoms. The van der Waals surface area contributed by atoms with Gasteiger partial charge in [0.15, 0.2) is 0 Å². The topological polar surface area (TPSA) is 41.5 Å². The van der Waals surface area contributed by atoms with Crippen molar-refractivity contribution >= 4 is 0 Å². The molecular formula is C9H15NO2. The van der Waals surface area contributed by atoms with E-state index in [1.807, 2.05) is 0 Å². The molecule has 0 amide bonds. The maximum absolute atomic E-state index is 9.38. The molecule has 2 unspecified atom stereocenters. The third-order valence-electron chi connectivity index (χ3n) is 2.01. The zero-order chi connectivity index (χ0) is 8.81. The van der Waals surface area contributed by atoms with Crippen molar-refractivity contribution in [2.75, 3.05) is 26.8 Å². The Hall–Kier alpha value is -0.560. The summed E-state index contributed by atoms with van der Waals surface area (Å²) in [6, 6.07) is 0. The van der Waals surface area contributed by atoms with Gasteiger partial charge in [0.1, 0.15) is 6.61 Å². The van der Waals surface area contributed by atoms with Gasteiger partial charge < -0.3 is 15.2 Å². The van der Waals surface area contributed by atoms with Crippen LogP contribution in [0.2, 0.25) is 0 Å². The zero-order valence-electron chi connectivity index (χ0n) is 7.34. The van der Waals surface area contributed by atoms with Crippen LogP contribution in [0.5, 0.6) is 0 Å². The molecule has 1 fully saturated rings. The summed E-state index contributed by atoms with van der Waals surface area (Å²) in [4.78, 5) is 0. The molecule has 3 nitrogen and oxygen atoms in total. The number of hydrogen-bond donors (Lipinski definition) is 2. The van der Waals surface area contributed by atoms with E-state index in [0.29, 0.717) is 19.1 Å². The molecule has 0 aromatic rings. The molecule has 1 heterocycles. The maximum atomic E-state index is 9.38. The Kier molecular flexibility index (Phi) is 4.09. The number of nitrogens with one attached hydrogen (secondary N) is 1. The van der Waals surface area contributed by atoms with Gasteiger partial charge in [0.25, 0.3) is 0 Å². The van der Waals surface area contributed by atoms with E-state index >= 15 is 0 Å². The number of aliphatic hydroxyl groups excluding tert-OH is 1. The third-order valence-corrected chi connectivity index (χ3v) is 2.01. The van der Waals surface area contributed by atoms with Crippen molar-refractivity contribution < 1.29 is 9.84 Å². The van der Waals surface area contributed by atoms with Crippen LogP contribution < -0.4 is 5.32 Å². The largest absolute Gasteiger partial charge is 0.391 e. The molecule has 0 aromatic heterocycles. The minimum absolute atomic E-state index is 0.221. The average Bonchev–Trinajstić information content (AvgIpc) is 2.46. The van der Waals surface area contributed by atoms with Gasteiger partial charge in [-0.3, -0.25) is 0 Å². The standard InChI is InChI=1S/C9H15NO2/c1-12-5-3-2-4-8-6-10-7-9(8)11/h8-11H,4-7H2,1H3. The molecule has 1 rings (SSSR count). The Morgan fingerprint density at radius 2 is 2.33 bits per heavy atom. The lowest BCUT2D eigenvalue weighted by Crippen LogP contribution is -2.17. The van der Waals surface area contributed by atoms with Crippen LogP contribution in [0.25, 0.3) is 0 Å². The zero-order valence-corrected chi connectivity index (χ0v) is 7.34. The van der Waals surface area contributed by atoms with Crippen LogP contribution in [0.15, 0.2) is 0 Å². The fourth-order valence-electron chi connectivity index (χ4n) is 1.25. The van der Waals surface area contributed by atoms with E-state index in [4.69, 9.17) is 4.74 Å². The first-order chi connectivity index (χ1) is 5.84. The summed E-state index contributed by atoms with van der Waals surface area (Å²) in [5, 5.41) is 12.5. The molecule has 1 saturated heterocycles. The molecule has 0 bridgehead atoms.